The minimum atomic E-state index is -0.859. The van der Waals surface area contributed by atoms with Crippen molar-refractivity contribution in [2.75, 3.05) is 18.4 Å². The molecule has 0 spiro atoms. The molecule has 2 aliphatic rings. The number of hydrogen-bond donors (Lipinski definition) is 3. The number of benzene rings is 1. The van der Waals surface area contributed by atoms with Gasteiger partial charge in [-0.1, -0.05) is 12.1 Å². The molecular formula is C23H25N5O3. The van der Waals surface area contributed by atoms with Gasteiger partial charge in [-0.15, -0.1) is 0 Å². The maximum Gasteiger partial charge on any atom is 0.407 e. The number of hydrogen-bond acceptors (Lipinski definition) is 4. The first kappa shape index (κ1) is 20.7. The van der Waals surface area contributed by atoms with Crippen molar-refractivity contribution in [1.82, 2.24) is 14.9 Å². The van der Waals surface area contributed by atoms with E-state index in [2.05, 4.69) is 27.4 Å². The quantitative estimate of drug-likeness (QED) is 0.680. The van der Waals surface area contributed by atoms with E-state index in [1.807, 2.05) is 18.2 Å². The highest BCUT2D eigenvalue weighted by Crippen LogP contribution is 2.36. The fraction of sp³-hybridized carbons (Fsp3) is 0.391. The highest BCUT2D eigenvalue weighted by molar-refractivity contribution is 6.03. The van der Waals surface area contributed by atoms with Gasteiger partial charge in [0.25, 0.3) is 5.91 Å². The van der Waals surface area contributed by atoms with E-state index in [4.69, 9.17) is 5.26 Å². The van der Waals surface area contributed by atoms with Crippen LogP contribution in [0.25, 0.3) is 5.57 Å². The number of rotatable bonds is 4. The SMILES string of the molecule is N#Cc1cnc(C(=O)Nc2ccc(C3CCN(C(=O)O)CC3)cc2C2=CCCCC2)[nH]1. The number of allylic oxidation sites excluding steroid dienone is 2. The Morgan fingerprint density at radius 2 is 2.06 bits per heavy atom. The second-order valence-electron chi connectivity index (χ2n) is 8.04. The Morgan fingerprint density at radius 3 is 2.71 bits per heavy atom. The standard InChI is InChI=1S/C23H25N5O3/c24-13-18-14-25-21(26-18)22(29)27-20-7-6-17(12-19(20)16-4-2-1-3-5-16)15-8-10-28(11-9-15)23(30)31/h4,6-7,12,14-15H,1-3,5,8-11H2,(H,25,26)(H,27,29)(H,30,31). The summed E-state index contributed by atoms with van der Waals surface area (Å²) < 4.78 is 0. The molecule has 0 saturated carbocycles. The molecule has 8 heteroatoms. The number of carbonyl (C=O) groups excluding carboxylic acids is 1. The van der Waals surface area contributed by atoms with Crippen LogP contribution in [0.3, 0.4) is 0 Å². The smallest absolute Gasteiger partial charge is 0.407 e. The summed E-state index contributed by atoms with van der Waals surface area (Å²) in [6.45, 7) is 1.08. The molecule has 160 valence electrons. The number of carboxylic acid groups (broad SMARTS) is 1. The molecule has 4 rings (SSSR count). The third-order valence-corrected chi connectivity index (χ3v) is 6.08. The van der Waals surface area contributed by atoms with E-state index >= 15 is 0 Å². The van der Waals surface area contributed by atoms with E-state index in [-0.39, 0.29) is 17.4 Å². The molecule has 2 heterocycles. The monoisotopic (exact) mass is 419 g/mol. The lowest BCUT2D eigenvalue weighted by Gasteiger charge is -2.30. The molecule has 0 atom stereocenters. The van der Waals surface area contributed by atoms with Gasteiger partial charge in [0, 0.05) is 24.3 Å². The number of H-pyrrole nitrogens is 1. The van der Waals surface area contributed by atoms with Gasteiger partial charge >= 0.3 is 6.09 Å². The van der Waals surface area contributed by atoms with Crippen LogP contribution in [0, 0.1) is 11.3 Å². The molecule has 0 unspecified atom stereocenters. The molecule has 1 aliphatic carbocycles. The first-order valence-corrected chi connectivity index (χ1v) is 10.6. The molecule has 1 fully saturated rings. The Bertz CT molecular complexity index is 1060. The highest BCUT2D eigenvalue weighted by atomic mass is 16.4. The normalized spacial score (nSPS) is 17.0. The van der Waals surface area contributed by atoms with E-state index in [0.717, 1.165) is 43.4 Å². The predicted molar refractivity (Wildman–Crippen MR) is 116 cm³/mol. The Kier molecular flexibility index (Phi) is 6.03. The van der Waals surface area contributed by atoms with Crippen molar-refractivity contribution in [3.63, 3.8) is 0 Å². The number of likely N-dealkylation sites (tertiary alicyclic amines) is 1. The van der Waals surface area contributed by atoms with Crippen LogP contribution in [0.2, 0.25) is 0 Å². The number of carbonyl (C=O) groups is 2. The van der Waals surface area contributed by atoms with E-state index in [9.17, 15) is 14.7 Å². The second-order valence-corrected chi connectivity index (χ2v) is 8.04. The van der Waals surface area contributed by atoms with Crippen molar-refractivity contribution in [3.05, 3.63) is 53.1 Å². The molecular weight excluding hydrogens is 394 g/mol. The zero-order valence-corrected chi connectivity index (χ0v) is 17.2. The topological polar surface area (TPSA) is 122 Å². The van der Waals surface area contributed by atoms with Crippen LogP contribution in [0.15, 0.2) is 30.5 Å². The van der Waals surface area contributed by atoms with Crippen LogP contribution in [-0.4, -0.2) is 45.1 Å². The minimum Gasteiger partial charge on any atom is -0.465 e. The maximum absolute atomic E-state index is 12.7. The highest BCUT2D eigenvalue weighted by Gasteiger charge is 2.25. The van der Waals surface area contributed by atoms with Gasteiger partial charge in [0.2, 0.25) is 0 Å². The zero-order chi connectivity index (χ0) is 21.8. The third kappa shape index (κ3) is 4.61. The van der Waals surface area contributed by atoms with Crippen molar-refractivity contribution in [2.24, 2.45) is 0 Å². The Hall–Kier alpha value is -3.60. The average molecular weight is 419 g/mol. The number of amides is 2. The van der Waals surface area contributed by atoms with Gasteiger partial charge in [-0.25, -0.2) is 9.78 Å². The molecule has 1 saturated heterocycles. The van der Waals surface area contributed by atoms with Gasteiger partial charge in [-0.3, -0.25) is 4.79 Å². The summed E-state index contributed by atoms with van der Waals surface area (Å²) in [6, 6.07) is 8.03. The number of anilines is 1. The molecule has 1 aliphatic heterocycles. The number of aromatic amines is 1. The van der Waals surface area contributed by atoms with Gasteiger partial charge < -0.3 is 20.3 Å². The fourth-order valence-corrected chi connectivity index (χ4v) is 4.35. The van der Waals surface area contributed by atoms with Gasteiger partial charge in [0.1, 0.15) is 11.8 Å². The molecule has 1 aromatic carbocycles. The lowest BCUT2D eigenvalue weighted by atomic mass is 9.85. The van der Waals surface area contributed by atoms with Gasteiger partial charge in [0.15, 0.2) is 5.82 Å². The van der Waals surface area contributed by atoms with Crippen molar-refractivity contribution in [1.29, 1.82) is 5.26 Å². The molecule has 31 heavy (non-hydrogen) atoms. The number of piperidine rings is 1. The van der Waals surface area contributed by atoms with Crippen LogP contribution in [0.5, 0.6) is 0 Å². The lowest BCUT2D eigenvalue weighted by molar-refractivity contribution is 0.101. The van der Waals surface area contributed by atoms with E-state index in [1.54, 1.807) is 0 Å². The molecule has 3 N–H and O–H groups in total. The average Bonchev–Trinajstić information content (AvgIpc) is 3.29. The van der Waals surface area contributed by atoms with Crippen LogP contribution < -0.4 is 5.32 Å². The molecule has 2 amide bonds. The summed E-state index contributed by atoms with van der Waals surface area (Å²) in [6.07, 6.45) is 8.57. The number of nitriles is 1. The van der Waals surface area contributed by atoms with Gasteiger partial charge in [-0.2, -0.15) is 5.26 Å². The van der Waals surface area contributed by atoms with Crippen LogP contribution in [0.4, 0.5) is 10.5 Å². The maximum atomic E-state index is 12.7. The summed E-state index contributed by atoms with van der Waals surface area (Å²) in [5.41, 5.74) is 4.37. The first-order chi connectivity index (χ1) is 15.0. The van der Waals surface area contributed by atoms with Crippen molar-refractivity contribution in [3.8, 4) is 6.07 Å². The van der Waals surface area contributed by atoms with Crippen molar-refractivity contribution >= 4 is 23.3 Å². The number of aromatic nitrogens is 2. The van der Waals surface area contributed by atoms with E-state index in [0.29, 0.717) is 19.0 Å². The largest absolute Gasteiger partial charge is 0.465 e. The third-order valence-electron chi connectivity index (χ3n) is 6.08. The zero-order valence-electron chi connectivity index (χ0n) is 17.2. The van der Waals surface area contributed by atoms with Crippen molar-refractivity contribution < 1.29 is 14.7 Å². The molecule has 0 bridgehead atoms. The summed E-state index contributed by atoms with van der Waals surface area (Å²) in [4.78, 5) is 32.0. The van der Waals surface area contributed by atoms with Crippen LogP contribution in [0.1, 0.15) is 71.9 Å². The summed E-state index contributed by atoms with van der Waals surface area (Å²) in [7, 11) is 0. The van der Waals surface area contributed by atoms with E-state index in [1.165, 1.54) is 28.7 Å². The molecule has 0 radical (unpaired) electrons. The van der Waals surface area contributed by atoms with Gasteiger partial charge in [-0.05, 0) is 67.7 Å². The molecule has 2 aromatic rings. The number of imidazole rings is 1. The Balaban J connectivity index is 1.59. The fourth-order valence-electron chi connectivity index (χ4n) is 4.35. The van der Waals surface area contributed by atoms with Gasteiger partial charge in [0.05, 0.1) is 6.20 Å². The molecule has 8 nitrogen and oxygen atoms in total. The predicted octanol–water partition coefficient (Wildman–Crippen LogP) is 4.35. The number of nitrogens with zero attached hydrogens (tertiary/aromatic N) is 3. The molecule has 1 aromatic heterocycles. The van der Waals surface area contributed by atoms with Crippen LogP contribution in [-0.2, 0) is 0 Å². The summed E-state index contributed by atoms with van der Waals surface area (Å²) >= 11 is 0. The first-order valence-electron chi connectivity index (χ1n) is 10.6. The minimum absolute atomic E-state index is 0.102. The van der Waals surface area contributed by atoms with Crippen molar-refractivity contribution in [2.45, 2.75) is 44.4 Å². The van der Waals surface area contributed by atoms with Crippen LogP contribution >= 0.6 is 0 Å². The number of nitrogens with one attached hydrogen (secondary N) is 2. The summed E-state index contributed by atoms with van der Waals surface area (Å²) in [5, 5.41) is 21.1. The second kappa shape index (κ2) is 9.04. The Morgan fingerprint density at radius 1 is 1.26 bits per heavy atom. The Labute approximate surface area is 180 Å². The lowest BCUT2D eigenvalue weighted by Crippen LogP contribution is -2.36. The van der Waals surface area contributed by atoms with E-state index < -0.39 is 6.09 Å². The summed E-state index contributed by atoms with van der Waals surface area (Å²) in [5.74, 6) is 0.0125.